The monoisotopic (exact) mass is 461 g/mol. The Kier molecular flexibility index (Phi) is 8.95. The van der Waals surface area contributed by atoms with Crippen LogP contribution in [0.4, 0.5) is 0 Å². The van der Waals surface area contributed by atoms with E-state index in [9.17, 15) is 0 Å². The Labute approximate surface area is 166 Å². The molecule has 2 heterocycles. The molecular formula is C17H28IN5O2. The molecule has 0 bridgehead atoms. The van der Waals surface area contributed by atoms with Gasteiger partial charge in [-0.25, -0.2) is 0 Å². The second-order valence-electron chi connectivity index (χ2n) is 6.03. The van der Waals surface area contributed by atoms with Crippen LogP contribution in [0.3, 0.4) is 0 Å². The van der Waals surface area contributed by atoms with Crippen LogP contribution < -0.4 is 10.6 Å². The van der Waals surface area contributed by atoms with Gasteiger partial charge in [0.15, 0.2) is 11.8 Å². The van der Waals surface area contributed by atoms with Crippen molar-refractivity contribution in [3.8, 4) is 0 Å². The van der Waals surface area contributed by atoms with Crippen molar-refractivity contribution in [3.05, 3.63) is 35.4 Å². The van der Waals surface area contributed by atoms with E-state index < -0.39 is 0 Å². The fourth-order valence-electron chi connectivity index (χ4n) is 2.15. The van der Waals surface area contributed by atoms with Crippen molar-refractivity contribution in [1.29, 1.82) is 0 Å². The summed E-state index contributed by atoms with van der Waals surface area (Å²) >= 11 is 0. The molecule has 2 N–H and O–H groups in total. The molecule has 1 unspecified atom stereocenters. The SMILES string of the molecule is CCNC(=NCCc1nc(C(C)C)no1)NC(C)c1ccc(C)o1.I. The van der Waals surface area contributed by atoms with Crippen molar-refractivity contribution >= 4 is 29.9 Å². The number of nitrogens with zero attached hydrogens (tertiary/aromatic N) is 3. The molecule has 0 aliphatic heterocycles. The third-order valence-electron chi connectivity index (χ3n) is 3.48. The van der Waals surface area contributed by atoms with Crippen LogP contribution in [0, 0.1) is 6.92 Å². The molecule has 0 spiro atoms. The number of aliphatic imine (C=N–C) groups is 1. The predicted octanol–water partition coefficient (Wildman–Crippen LogP) is 3.57. The molecule has 2 aromatic heterocycles. The van der Waals surface area contributed by atoms with Crippen molar-refractivity contribution in [1.82, 2.24) is 20.8 Å². The van der Waals surface area contributed by atoms with E-state index >= 15 is 0 Å². The van der Waals surface area contributed by atoms with Crippen LogP contribution in [-0.4, -0.2) is 29.2 Å². The van der Waals surface area contributed by atoms with Gasteiger partial charge in [-0.2, -0.15) is 4.98 Å². The van der Waals surface area contributed by atoms with Crippen LogP contribution >= 0.6 is 24.0 Å². The molecule has 8 heteroatoms. The highest BCUT2D eigenvalue weighted by Gasteiger charge is 2.12. The van der Waals surface area contributed by atoms with Gasteiger partial charge in [0.1, 0.15) is 11.5 Å². The summed E-state index contributed by atoms with van der Waals surface area (Å²) in [6.45, 7) is 11.4. The van der Waals surface area contributed by atoms with E-state index in [-0.39, 0.29) is 35.9 Å². The summed E-state index contributed by atoms with van der Waals surface area (Å²) in [6, 6.07) is 3.97. The van der Waals surface area contributed by atoms with Crippen LogP contribution in [0.2, 0.25) is 0 Å². The lowest BCUT2D eigenvalue weighted by molar-refractivity contribution is 0.372. The van der Waals surface area contributed by atoms with Gasteiger partial charge >= 0.3 is 0 Å². The average Bonchev–Trinajstić information content (AvgIpc) is 3.16. The molecular weight excluding hydrogens is 433 g/mol. The average molecular weight is 461 g/mol. The fourth-order valence-corrected chi connectivity index (χ4v) is 2.15. The minimum absolute atomic E-state index is 0. The normalized spacial score (nSPS) is 12.8. The molecule has 0 saturated carbocycles. The third kappa shape index (κ3) is 6.68. The highest BCUT2D eigenvalue weighted by molar-refractivity contribution is 14.0. The quantitative estimate of drug-likeness (QED) is 0.373. The molecule has 2 aromatic rings. The van der Waals surface area contributed by atoms with Crippen molar-refractivity contribution < 1.29 is 8.94 Å². The molecule has 0 fully saturated rings. The molecule has 0 aliphatic rings. The second kappa shape index (κ2) is 10.4. The first-order valence-corrected chi connectivity index (χ1v) is 8.43. The van der Waals surface area contributed by atoms with E-state index in [4.69, 9.17) is 8.94 Å². The Bertz CT molecular complexity index is 666. The Hall–Kier alpha value is -1.58. The van der Waals surface area contributed by atoms with Crippen molar-refractivity contribution in [2.45, 2.75) is 53.0 Å². The van der Waals surface area contributed by atoms with E-state index in [2.05, 4.69) is 25.8 Å². The number of halogens is 1. The number of nitrogens with one attached hydrogen (secondary N) is 2. The zero-order valence-corrected chi connectivity index (χ0v) is 17.8. The number of aromatic nitrogens is 2. The van der Waals surface area contributed by atoms with Crippen molar-refractivity contribution in [2.24, 2.45) is 4.99 Å². The molecule has 0 aliphatic carbocycles. The zero-order valence-electron chi connectivity index (χ0n) is 15.5. The van der Waals surface area contributed by atoms with Gasteiger partial charge in [0.25, 0.3) is 0 Å². The van der Waals surface area contributed by atoms with E-state index in [1.165, 1.54) is 0 Å². The minimum Gasteiger partial charge on any atom is -0.464 e. The highest BCUT2D eigenvalue weighted by Crippen LogP contribution is 2.15. The summed E-state index contributed by atoms with van der Waals surface area (Å²) in [5.74, 6) is 4.15. The Balaban J connectivity index is 0.00000312. The Morgan fingerprint density at radius 1 is 1.28 bits per heavy atom. The van der Waals surface area contributed by atoms with Crippen LogP contribution in [0.5, 0.6) is 0 Å². The number of aryl methyl sites for hydroxylation is 1. The molecule has 1 atom stereocenters. The van der Waals surface area contributed by atoms with Gasteiger partial charge in [0.05, 0.1) is 12.6 Å². The van der Waals surface area contributed by atoms with E-state index in [0.717, 1.165) is 29.8 Å². The first kappa shape index (κ1) is 21.5. The number of furan rings is 1. The largest absolute Gasteiger partial charge is 0.464 e. The third-order valence-corrected chi connectivity index (χ3v) is 3.48. The highest BCUT2D eigenvalue weighted by atomic mass is 127. The summed E-state index contributed by atoms with van der Waals surface area (Å²) < 4.78 is 10.9. The Morgan fingerprint density at radius 3 is 2.60 bits per heavy atom. The van der Waals surface area contributed by atoms with Gasteiger partial charge < -0.3 is 19.6 Å². The smallest absolute Gasteiger partial charge is 0.228 e. The maximum absolute atomic E-state index is 5.64. The van der Waals surface area contributed by atoms with Crippen LogP contribution in [0.1, 0.15) is 62.9 Å². The van der Waals surface area contributed by atoms with Crippen molar-refractivity contribution in [3.63, 3.8) is 0 Å². The number of rotatable bonds is 7. The van der Waals surface area contributed by atoms with Gasteiger partial charge in [-0.1, -0.05) is 19.0 Å². The van der Waals surface area contributed by atoms with Gasteiger partial charge in [-0.15, -0.1) is 24.0 Å². The number of guanidine groups is 1. The van der Waals surface area contributed by atoms with Crippen LogP contribution in [0.25, 0.3) is 0 Å². The van der Waals surface area contributed by atoms with E-state index in [1.807, 2.05) is 46.8 Å². The zero-order chi connectivity index (χ0) is 17.5. The molecule has 140 valence electrons. The molecule has 2 rings (SSSR count). The van der Waals surface area contributed by atoms with Gasteiger partial charge in [0, 0.05) is 18.9 Å². The molecule has 0 radical (unpaired) electrons. The van der Waals surface area contributed by atoms with Crippen molar-refractivity contribution in [2.75, 3.05) is 13.1 Å². The lowest BCUT2D eigenvalue weighted by Crippen LogP contribution is -2.38. The molecule has 0 saturated heterocycles. The number of hydrogen-bond acceptors (Lipinski definition) is 5. The molecule has 25 heavy (non-hydrogen) atoms. The maximum Gasteiger partial charge on any atom is 0.228 e. The summed E-state index contributed by atoms with van der Waals surface area (Å²) in [5, 5.41) is 10.5. The first-order valence-electron chi connectivity index (χ1n) is 8.43. The lowest BCUT2D eigenvalue weighted by atomic mass is 10.2. The second-order valence-corrected chi connectivity index (χ2v) is 6.03. The lowest BCUT2D eigenvalue weighted by Gasteiger charge is -2.16. The van der Waals surface area contributed by atoms with Gasteiger partial charge in [0.2, 0.25) is 5.89 Å². The molecule has 0 aromatic carbocycles. The van der Waals surface area contributed by atoms with E-state index in [0.29, 0.717) is 18.9 Å². The summed E-state index contributed by atoms with van der Waals surface area (Å²) in [4.78, 5) is 8.92. The minimum atomic E-state index is 0. The topological polar surface area (TPSA) is 88.5 Å². The Morgan fingerprint density at radius 2 is 2.04 bits per heavy atom. The fraction of sp³-hybridized carbons (Fsp3) is 0.588. The number of hydrogen-bond donors (Lipinski definition) is 2. The van der Waals surface area contributed by atoms with Crippen LogP contribution in [-0.2, 0) is 6.42 Å². The summed E-state index contributed by atoms with van der Waals surface area (Å²) in [6.07, 6.45) is 0.616. The van der Waals surface area contributed by atoms with Crippen LogP contribution in [0.15, 0.2) is 26.1 Å². The standard InChI is InChI=1S/C17H27N5O2.HI/c1-6-18-17(20-13(5)14-8-7-12(4)23-14)19-10-9-15-21-16(11(2)3)22-24-15;/h7-8,11,13H,6,9-10H2,1-5H3,(H2,18,19,20);1H. The molecule has 7 nitrogen and oxygen atoms in total. The molecule has 0 amide bonds. The first-order chi connectivity index (χ1) is 11.5. The van der Waals surface area contributed by atoms with E-state index in [1.54, 1.807) is 0 Å². The van der Waals surface area contributed by atoms with Gasteiger partial charge in [-0.3, -0.25) is 4.99 Å². The summed E-state index contributed by atoms with van der Waals surface area (Å²) in [5.41, 5.74) is 0. The summed E-state index contributed by atoms with van der Waals surface area (Å²) in [7, 11) is 0. The predicted molar refractivity (Wildman–Crippen MR) is 108 cm³/mol. The maximum atomic E-state index is 5.64. The van der Waals surface area contributed by atoms with Gasteiger partial charge in [-0.05, 0) is 32.9 Å².